The molecule has 0 saturated carbocycles. The molecule has 0 spiro atoms. The van der Waals surface area contributed by atoms with Crippen LogP contribution in [0.2, 0.25) is 0 Å². The van der Waals surface area contributed by atoms with Gasteiger partial charge in [0.05, 0.1) is 5.69 Å². The summed E-state index contributed by atoms with van der Waals surface area (Å²) < 4.78 is 0. The van der Waals surface area contributed by atoms with Gasteiger partial charge in [-0.3, -0.25) is 0 Å². The highest BCUT2D eigenvalue weighted by Gasteiger charge is 2.13. The van der Waals surface area contributed by atoms with Crippen LogP contribution in [0, 0.1) is 13.8 Å². The molecule has 0 saturated heterocycles. The molecule has 20 heavy (non-hydrogen) atoms. The second-order valence-corrected chi connectivity index (χ2v) is 5.06. The number of rotatable bonds is 5. The summed E-state index contributed by atoms with van der Waals surface area (Å²) >= 11 is 0. The second kappa shape index (κ2) is 6.51. The predicted molar refractivity (Wildman–Crippen MR) is 85.1 cm³/mol. The normalized spacial score (nSPS) is 10.6. The summed E-state index contributed by atoms with van der Waals surface area (Å²) in [6, 6.07) is 8.39. The maximum Gasteiger partial charge on any atom is 0.133 e. The lowest BCUT2D eigenvalue weighted by Gasteiger charge is -2.14. The lowest BCUT2D eigenvalue weighted by atomic mass is 10.0. The number of nitrogens with one attached hydrogen (secondary N) is 1. The molecule has 0 aliphatic carbocycles. The monoisotopic (exact) mass is 269 g/mol. The Morgan fingerprint density at radius 3 is 2.45 bits per heavy atom. The standard InChI is InChI=1S/C17H23N3/c1-5-11-18-17-13(4)16(19-15(6-2)20-17)14-10-8-7-9-12(14)3/h7-10H,5-6,11H2,1-4H3,(H,18,19,20). The van der Waals surface area contributed by atoms with Crippen molar-refractivity contribution in [2.45, 2.75) is 40.5 Å². The van der Waals surface area contributed by atoms with E-state index in [0.717, 1.165) is 42.3 Å². The van der Waals surface area contributed by atoms with Crippen LogP contribution in [0.3, 0.4) is 0 Å². The van der Waals surface area contributed by atoms with E-state index >= 15 is 0 Å². The highest BCUT2D eigenvalue weighted by molar-refractivity contribution is 5.70. The van der Waals surface area contributed by atoms with Crippen LogP contribution in [0.15, 0.2) is 24.3 Å². The molecule has 0 aliphatic rings. The lowest BCUT2D eigenvalue weighted by molar-refractivity contribution is 0.910. The van der Waals surface area contributed by atoms with E-state index < -0.39 is 0 Å². The summed E-state index contributed by atoms with van der Waals surface area (Å²) in [6.45, 7) is 9.41. The number of aryl methyl sites for hydroxylation is 2. The fourth-order valence-electron chi connectivity index (χ4n) is 2.24. The second-order valence-electron chi connectivity index (χ2n) is 5.06. The van der Waals surface area contributed by atoms with Crippen LogP contribution >= 0.6 is 0 Å². The van der Waals surface area contributed by atoms with Crippen molar-refractivity contribution in [3.63, 3.8) is 0 Å². The number of benzene rings is 1. The molecule has 0 radical (unpaired) electrons. The number of anilines is 1. The van der Waals surface area contributed by atoms with Crippen molar-refractivity contribution in [2.24, 2.45) is 0 Å². The van der Waals surface area contributed by atoms with E-state index in [9.17, 15) is 0 Å². The van der Waals surface area contributed by atoms with Gasteiger partial charge in [-0.2, -0.15) is 0 Å². The molecule has 1 aromatic heterocycles. The number of nitrogens with zero attached hydrogens (tertiary/aromatic N) is 2. The van der Waals surface area contributed by atoms with Gasteiger partial charge in [0.15, 0.2) is 0 Å². The molecule has 3 heteroatoms. The average molecular weight is 269 g/mol. The van der Waals surface area contributed by atoms with Crippen LogP contribution in [0.1, 0.15) is 37.2 Å². The Balaban J connectivity index is 2.54. The van der Waals surface area contributed by atoms with Crippen molar-refractivity contribution < 1.29 is 0 Å². The van der Waals surface area contributed by atoms with E-state index in [4.69, 9.17) is 4.98 Å². The largest absolute Gasteiger partial charge is 0.370 e. The Labute approximate surface area is 121 Å². The minimum absolute atomic E-state index is 0.847. The first kappa shape index (κ1) is 14.5. The van der Waals surface area contributed by atoms with E-state index in [-0.39, 0.29) is 0 Å². The van der Waals surface area contributed by atoms with Crippen molar-refractivity contribution in [3.8, 4) is 11.3 Å². The zero-order chi connectivity index (χ0) is 14.5. The van der Waals surface area contributed by atoms with Crippen molar-refractivity contribution >= 4 is 5.82 Å². The van der Waals surface area contributed by atoms with Crippen molar-refractivity contribution in [2.75, 3.05) is 11.9 Å². The van der Waals surface area contributed by atoms with Crippen LogP contribution in [0.5, 0.6) is 0 Å². The zero-order valence-corrected chi connectivity index (χ0v) is 12.8. The molecule has 1 heterocycles. The number of hydrogen-bond acceptors (Lipinski definition) is 3. The third-order valence-electron chi connectivity index (χ3n) is 3.45. The van der Waals surface area contributed by atoms with Gasteiger partial charge in [-0.15, -0.1) is 0 Å². The number of hydrogen-bond donors (Lipinski definition) is 1. The van der Waals surface area contributed by atoms with Gasteiger partial charge in [0.2, 0.25) is 0 Å². The Hall–Kier alpha value is -1.90. The minimum Gasteiger partial charge on any atom is -0.370 e. The smallest absolute Gasteiger partial charge is 0.133 e. The van der Waals surface area contributed by atoms with E-state index in [1.54, 1.807) is 0 Å². The van der Waals surface area contributed by atoms with Gasteiger partial charge < -0.3 is 5.32 Å². The predicted octanol–water partition coefficient (Wildman–Crippen LogP) is 4.14. The molecule has 0 unspecified atom stereocenters. The Morgan fingerprint density at radius 1 is 1.05 bits per heavy atom. The first-order chi connectivity index (χ1) is 9.67. The topological polar surface area (TPSA) is 37.8 Å². The molecule has 2 aromatic rings. The highest BCUT2D eigenvalue weighted by atomic mass is 15.0. The molecular formula is C17H23N3. The summed E-state index contributed by atoms with van der Waals surface area (Å²) in [4.78, 5) is 9.36. The Morgan fingerprint density at radius 2 is 1.80 bits per heavy atom. The van der Waals surface area contributed by atoms with Crippen LogP contribution < -0.4 is 5.32 Å². The summed E-state index contributed by atoms with van der Waals surface area (Å²) in [5.41, 5.74) is 4.62. The number of aromatic nitrogens is 2. The molecule has 1 N–H and O–H groups in total. The molecule has 3 nitrogen and oxygen atoms in total. The van der Waals surface area contributed by atoms with Gasteiger partial charge in [0.25, 0.3) is 0 Å². The van der Waals surface area contributed by atoms with Gasteiger partial charge in [0.1, 0.15) is 11.6 Å². The molecule has 0 fully saturated rings. The highest BCUT2D eigenvalue weighted by Crippen LogP contribution is 2.28. The van der Waals surface area contributed by atoms with Crippen molar-refractivity contribution in [1.82, 2.24) is 9.97 Å². The molecule has 0 aliphatic heterocycles. The maximum atomic E-state index is 4.74. The first-order valence-electron chi connectivity index (χ1n) is 7.34. The molecule has 0 amide bonds. The molecular weight excluding hydrogens is 246 g/mol. The Kier molecular flexibility index (Phi) is 4.72. The average Bonchev–Trinajstić information content (AvgIpc) is 2.47. The summed E-state index contributed by atoms with van der Waals surface area (Å²) in [5.74, 6) is 1.87. The van der Waals surface area contributed by atoms with Crippen molar-refractivity contribution in [3.05, 3.63) is 41.2 Å². The fourth-order valence-corrected chi connectivity index (χ4v) is 2.24. The fraction of sp³-hybridized carbons (Fsp3) is 0.412. The van der Waals surface area contributed by atoms with Gasteiger partial charge in [-0.1, -0.05) is 38.1 Å². The third-order valence-corrected chi connectivity index (χ3v) is 3.45. The summed E-state index contributed by atoms with van der Waals surface area (Å²) in [5, 5.41) is 3.42. The molecule has 0 bridgehead atoms. The molecule has 2 rings (SSSR count). The first-order valence-corrected chi connectivity index (χ1v) is 7.34. The van der Waals surface area contributed by atoms with E-state index in [1.165, 1.54) is 11.1 Å². The molecule has 0 atom stereocenters. The van der Waals surface area contributed by atoms with Gasteiger partial charge >= 0.3 is 0 Å². The SMILES string of the molecule is CCCNc1nc(CC)nc(-c2ccccc2C)c1C. The molecule has 106 valence electrons. The Bertz CT molecular complexity index is 591. The summed E-state index contributed by atoms with van der Waals surface area (Å²) in [7, 11) is 0. The third kappa shape index (κ3) is 2.98. The van der Waals surface area contributed by atoms with Gasteiger partial charge in [-0.25, -0.2) is 9.97 Å². The van der Waals surface area contributed by atoms with Crippen LogP contribution in [-0.4, -0.2) is 16.5 Å². The van der Waals surface area contributed by atoms with Gasteiger partial charge in [0, 0.05) is 24.1 Å². The zero-order valence-electron chi connectivity index (χ0n) is 12.8. The maximum absolute atomic E-state index is 4.74. The minimum atomic E-state index is 0.847. The van der Waals surface area contributed by atoms with E-state index in [0.29, 0.717) is 0 Å². The van der Waals surface area contributed by atoms with Crippen LogP contribution in [0.25, 0.3) is 11.3 Å². The summed E-state index contributed by atoms with van der Waals surface area (Å²) in [6.07, 6.45) is 1.94. The quantitative estimate of drug-likeness (QED) is 0.886. The lowest BCUT2D eigenvalue weighted by Crippen LogP contribution is -2.09. The van der Waals surface area contributed by atoms with Gasteiger partial charge in [-0.05, 0) is 25.8 Å². The van der Waals surface area contributed by atoms with Crippen LogP contribution in [0.4, 0.5) is 5.82 Å². The van der Waals surface area contributed by atoms with Crippen LogP contribution in [-0.2, 0) is 6.42 Å². The van der Waals surface area contributed by atoms with Crippen molar-refractivity contribution in [1.29, 1.82) is 0 Å². The molecule has 1 aromatic carbocycles. The van der Waals surface area contributed by atoms with E-state index in [1.807, 2.05) is 0 Å². The van der Waals surface area contributed by atoms with E-state index in [2.05, 4.69) is 62.3 Å².